The van der Waals surface area contributed by atoms with E-state index < -0.39 is 5.60 Å². The van der Waals surface area contributed by atoms with E-state index >= 15 is 0 Å². The van der Waals surface area contributed by atoms with Crippen molar-refractivity contribution >= 4 is 51.8 Å². The summed E-state index contributed by atoms with van der Waals surface area (Å²) >= 11 is 6.56. The van der Waals surface area contributed by atoms with Crippen molar-refractivity contribution in [2.24, 2.45) is 13.0 Å². The molecule has 6 rings (SSSR count). The Morgan fingerprint density at radius 1 is 1.00 bits per heavy atom. The van der Waals surface area contributed by atoms with Crippen LogP contribution in [0.1, 0.15) is 71.3 Å². The maximum atomic E-state index is 12.8. The highest BCUT2D eigenvalue weighted by molar-refractivity contribution is 6.32. The molecule has 1 atom stereocenters. The molecule has 53 heavy (non-hydrogen) atoms. The number of likely N-dealkylation sites (tertiary alicyclic amines) is 1. The fourth-order valence-electron chi connectivity index (χ4n) is 6.78. The Morgan fingerprint density at radius 2 is 1.75 bits per heavy atom. The van der Waals surface area contributed by atoms with Gasteiger partial charge >= 0.3 is 6.09 Å². The molecule has 2 aromatic carbocycles. The summed E-state index contributed by atoms with van der Waals surface area (Å²) in [6, 6.07) is 15.6. The van der Waals surface area contributed by atoms with Gasteiger partial charge in [-0.25, -0.2) is 9.78 Å². The van der Waals surface area contributed by atoms with Crippen LogP contribution in [0.3, 0.4) is 0 Å². The van der Waals surface area contributed by atoms with Gasteiger partial charge in [0.1, 0.15) is 23.0 Å². The van der Waals surface area contributed by atoms with Gasteiger partial charge < -0.3 is 33.9 Å². The van der Waals surface area contributed by atoms with Crippen LogP contribution in [0.25, 0.3) is 10.9 Å². The van der Waals surface area contributed by atoms with Crippen LogP contribution in [0.15, 0.2) is 59.5 Å². The quantitative estimate of drug-likeness (QED) is 0.165. The monoisotopic (exact) mass is 744 g/mol. The summed E-state index contributed by atoms with van der Waals surface area (Å²) in [6.07, 6.45) is 5.56. The van der Waals surface area contributed by atoms with Crippen molar-refractivity contribution in [3.8, 4) is 11.5 Å². The molecule has 1 N–H and O–H groups in total. The van der Waals surface area contributed by atoms with Gasteiger partial charge in [-0.05, 0) is 94.3 Å². The minimum absolute atomic E-state index is 0.0820. The van der Waals surface area contributed by atoms with E-state index in [-0.39, 0.29) is 29.8 Å². The predicted octanol–water partition coefficient (Wildman–Crippen LogP) is 7.49. The lowest BCUT2D eigenvalue weighted by molar-refractivity contribution is -0.120. The van der Waals surface area contributed by atoms with Crippen molar-refractivity contribution in [2.75, 3.05) is 49.6 Å². The van der Waals surface area contributed by atoms with Crippen LogP contribution in [0.5, 0.6) is 11.5 Å². The number of hydrogen-bond acceptors (Lipinski definition) is 10. The molecular weight excluding hydrogens is 696 g/mol. The maximum absolute atomic E-state index is 12.8. The molecule has 0 saturated carbocycles. The molecule has 2 saturated heterocycles. The number of nitrogens with one attached hydrogen (secondary N) is 1. The van der Waals surface area contributed by atoms with E-state index in [0.717, 1.165) is 61.1 Å². The van der Waals surface area contributed by atoms with Gasteiger partial charge in [0.25, 0.3) is 5.56 Å². The number of pyridine rings is 1. The topological polar surface area (TPSA) is 128 Å². The molecule has 282 valence electrons. The second kappa shape index (κ2) is 16.4. The van der Waals surface area contributed by atoms with Gasteiger partial charge in [0.15, 0.2) is 17.4 Å². The Kier molecular flexibility index (Phi) is 11.8. The second-order valence-corrected chi connectivity index (χ2v) is 15.3. The predicted molar refractivity (Wildman–Crippen MR) is 207 cm³/mol. The normalized spacial score (nSPS) is 16.8. The number of halogens is 1. The number of Topliss-reactive ketones (excluding diaryl/α,β-unsaturated/α-hetero) is 1. The molecule has 2 fully saturated rings. The summed E-state index contributed by atoms with van der Waals surface area (Å²) in [5, 5.41) is 4.46. The van der Waals surface area contributed by atoms with E-state index in [1.54, 1.807) is 26.2 Å². The van der Waals surface area contributed by atoms with Crippen molar-refractivity contribution in [3.63, 3.8) is 0 Å². The van der Waals surface area contributed by atoms with Crippen molar-refractivity contribution in [2.45, 2.75) is 71.3 Å². The molecule has 0 radical (unpaired) electrons. The van der Waals surface area contributed by atoms with E-state index in [9.17, 15) is 14.4 Å². The highest BCUT2D eigenvalue weighted by Gasteiger charge is 2.28. The number of carbonyl (C=O) groups is 2. The number of carbonyl (C=O) groups excluding carboxylic acids is 2. The number of piperidine rings is 2. The molecule has 1 amide bonds. The highest BCUT2D eigenvalue weighted by Crippen LogP contribution is 2.32. The summed E-state index contributed by atoms with van der Waals surface area (Å²) in [7, 11) is 1.68. The number of hydrogen-bond donors (Lipinski definition) is 1. The van der Waals surface area contributed by atoms with Gasteiger partial charge in [0.2, 0.25) is 5.95 Å². The van der Waals surface area contributed by atoms with E-state index in [0.29, 0.717) is 54.7 Å². The molecule has 12 nitrogen and oxygen atoms in total. The van der Waals surface area contributed by atoms with Crippen molar-refractivity contribution in [1.82, 2.24) is 19.4 Å². The van der Waals surface area contributed by atoms with Crippen LogP contribution < -0.4 is 25.2 Å². The van der Waals surface area contributed by atoms with Gasteiger partial charge in [-0.1, -0.05) is 30.7 Å². The number of nitrogens with zero attached hydrogens (tertiary/aromatic N) is 5. The molecule has 4 heterocycles. The third-order valence-electron chi connectivity index (χ3n) is 9.75. The first-order valence-electron chi connectivity index (χ1n) is 18.4. The summed E-state index contributed by atoms with van der Waals surface area (Å²) in [5.41, 5.74) is 1.91. The third-order valence-corrected chi connectivity index (χ3v) is 10.0. The second-order valence-electron chi connectivity index (χ2n) is 14.9. The summed E-state index contributed by atoms with van der Waals surface area (Å²) in [5.74, 6) is 2.64. The number of fused-ring (bicyclic) bond motifs is 1. The molecule has 13 heteroatoms. The number of anilines is 3. The van der Waals surface area contributed by atoms with Gasteiger partial charge in [-0.3, -0.25) is 9.59 Å². The average molecular weight is 745 g/mol. The first-order chi connectivity index (χ1) is 25.4. The zero-order chi connectivity index (χ0) is 37.7. The number of amides is 1. The van der Waals surface area contributed by atoms with Gasteiger partial charge in [-0.2, -0.15) is 4.98 Å². The maximum Gasteiger partial charge on any atom is 0.410 e. The van der Waals surface area contributed by atoms with Crippen LogP contribution in [0, 0.1) is 5.92 Å². The zero-order valence-corrected chi connectivity index (χ0v) is 31.9. The van der Waals surface area contributed by atoms with Crippen molar-refractivity contribution in [1.29, 1.82) is 0 Å². The zero-order valence-electron chi connectivity index (χ0n) is 31.2. The summed E-state index contributed by atoms with van der Waals surface area (Å²) in [4.78, 5) is 50.4. The Balaban J connectivity index is 1.04. The van der Waals surface area contributed by atoms with Crippen LogP contribution in [0.2, 0.25) is 5.02 Å². The van der Waals surface area contributed by atoms with Crippen LogP contribution in [-0.4, -0.2) is 76.3 Å². The fraction of sp³-hybridized carbons (Fsp3) is 0.475. The van der Waals surface area contributed by atoms with Crippen LogP contribution >= 0.6 is 11.6 Å². The lowest BCUT2D eigenvalue weighted by Gasteiger charge is -2.33. The average Bonchev–Trinajstić information content (AvgIpc) is 3.15. The molecule has 2 aromatic heterocycles. The SMILES string of the molecule is CCC(=O)COc1cc2cc(Nc3nc(N4CCCC(COc5ccc(C6CCN(C(=O)OC(C)(C)C)CC6)cc5)C4)ncc3Cl)ccc2n(C)c1=O. The molecule has 2 aliphatic rings. The molecular formula is C40H49ClN6O6. The number of benzene rings is 2. The Morgan fingerprint density at radius 3 is 2.47 bits per heavy atom. The highest BCUT2D eigenvalue weighted by atomic mass is 35.5. The van der Waals surface area contributed by atoms with E-state index in [1.165, 1.54) is 10.1 Å². The standard InChI is InChI=1S/C40H49ClN6O6/c1-6-31(48)25-52-35-21-29-20-30(11-14-34(29)45(5)37(35)49)43-36-33(41)22-42-38(44-36)47-17-7-8-26(23-47)24-51-32-12-9-27(10-13-32)28-15-18-46(19-16-28)39(50)53-40(2,3)4/h9-14,20-22,26,28H,6-8,15-19,23-25H2,1-5H3,(H,42,43,44). The Labute approximate surface area is 315 Å². The van der Waals surface area contributed by atoms with Crippen LogP contribution in [-0.2, 0) is 16.6 Å². The minimum Gasteiger partial charge on any atom is -0.493 e. The molecule has 0 spiro atoms. The largest absolute Gasteiger partial charge is 0.493 e. The van der Waals surface area contributed by atoms with Gasteiger partial charge in [-0.15, -0.1) is 0 Å². The lowest BCUT2D eigenvalue weighted by Crippen LogP contribution is -2.41. The fourth-order valence-corrected chi connectivity index (χ4v) is 6.92. The van der Waals surface area contributed by atoms with E-state index in [2.05, 4.69) is 27.3 Å². The smallest absolute Gasteiger partial charge is 0.410 e. The molecule has 4 aromatic rings. The van der Waals surface area contributed by atoms with Gasteiger partial charge in [0, 0.05) is 56.6 Å². The third kappa shape index (κ3) is 9.59. The van der Waals surface area contributed by atoms with Crippen LogP contribution in [0.4, 0.5) is 22.2 Å². The van der Waals surface area contributed by atoms with E-state index in [1.807, 2.05) is 56.0 Å². The summed E-state index contributed by atoms with van der Waals surface area (Å²) in [6.45, 7) is 10.8. The first kappa shape index (κ1) is 37.9. The molecule has 0 aliphatic carbocycles. The first-order valence-corrected chi connectivity index (χ1v) is 18.8. The number of ketones is 1. The minimum atomic E-state index is -0.489. The van der Waals surface area contributed by atoms with Crippen molar-refractivity contribution < 1.29 is 23.8 Å². The van der Waals surface area contributed by atoms with E-state index in [4.69, 9.17) is 30.8 Å². The number of aryl methyl sites for hydroxylation is 1. The Bertz CT molecular complexity index is 1990. The Hall–Kier alpha value is -4.84. The van der Waals surface area contributed by atoms with Gasteiger partial charge in [0.05, 0.1) is 18.3 Å². The molecule has 2 aliphatic heterocycles. The number of aromatic nitrogens is 3. The molecule has 1 unspecified atom stereocenters. The number of rotatable bonds is 11. The molecule has 0 bridgehead atoms. The lowest BCUT2D eigenvalue weighted by atomic mass is 9.89. The van der Waals surface area contributed by atoms with Crippen molar-refractivity contribution in [3.05, 3.63) is 75.7 Å². The number of ether oxygens (including phenoxy) is 3. The summed E-state index contributed by atoms with van der Waals surface area (Å²) < 4.78 is 18.9.